The number of nitrogens with one attached hydrogen (secondary N) is 1. The SMILES string of the molecule is NNC(c1ccc(C2CCC2)cc1)c1ccoc1Cl. The summed E-state index contributed by atoms with van der Waals surface area (Å²) in [5.74, 6) is 6.40. The van der Waals surface area contributed by atoms with Crippen molar-refractivity contribution in [3.8, 4) is 0 Å². The first-order valence-electron chi connectivity index (χ1n) is 6.58. The van der Waals surface area contributed by atoms with E-state index in [9.17, 15) is 0 Å². The van der Waals surface area contributed by atoms with Crippen LogP contribution >= 0.6 is 11.6 Å². The second-order valence-corrected chi connectivity index (χ2v) is 5.39. The van der Waals surface area contributed by atoms with Crippen LogP contribution < -0.4 is 11.3 Å². The van der Waals surface area contributed by atoms with Crippen molar-refractivity contribution in [1.82, 2.24) is 5.43 Å². The van der Waals surface area contributed by atoms with Crippen LogP contribution in [-0.2, 0) is 0 Å². The topological polar surface area (TPSA) is 51.2 Å². The lowest BCUT2D eigenvalue weighted by Gasteiger charge is -2.26. The van der Waals surface area contributed by atoms with Gasteiger partial charge in [-0.25, -0.2) is 5.43 Å². The summed E-state index contributed by atoms with van der Waals surface area (Å²) in [6, 6.07) is 10.3. The van der Waals surface area contributed by atoms with Gasteiger partial charge in [0.2, 0.25) is 0 Å². The average Bonchev–Trinajstić information content (AvgIpc) is 2.77. The van der Waals surface area contributed by atoms with Crippen LogP contribution in [0.15, 0.2) is 41.0 Å². The Morgan fingerprint density at radius 2 is 1.95 bits per heavy atom. The molecule has 0 radical (unpaired) electrons. The van der Waals surface area contributed by atoms with E-state index in [1.54, 1.807) is 6.26 Å². The van der Waals surface area contributed by atoms with Gasteiger partial charge in [0.05, 0.1) is 12.3 Å². The van der Waals surface area contributed by atoms with Crippen LogP contribution in [0, 0.1) is 0 Å². The third-order valence-corrected chi connectivity index (χ3v) is 4.28. The van der Waals surface area contributed by atoms with Gasteiger partial charge in [0, 0.05) is 5.56 Å². The molecule has 1 aliphatic carbocycles. The quantitative estimate of drug-likeness (QED) is 0.660. The molecule has 19 heavy (non-hydrogen) atoms. The summed E-state index contributed by atoms with van der Waals surface area (Å²) in [7, 11) is 0. The summed E-state index contributed by atoms with van der Waals surface area (Å²) in [5.41, 5.74) is 6.17. The number of rotatable bonds is 4. The molecule has 0 spiro atoms. The van der Waals surface area contributed by atoms with E-state index in [-0.39, 0.29) is 6.04 Å². The maximum absolute atomic E-state index is 6.01. The molecule has 1 aromatic heterocycles. The molecule has 1 saturated carbocycles. The maximum atomic E-state index is 6.01. The standard InChI is InChI=1S/C15H17ClN2O/c16-15-13(8-9-19-15)14(18-17)12-6-4-11(5-7-12)10-2-1-3-10/h4-10,14,18H,1-3,17H2. The second-order valence-electron chi connectivity index (χ2n) is 5.04. The van der Waals surface area contributed by atoms with Crippen LogP contribution in [0.4, 0.5) is 0 Å². The van der Waals surface area contributed by atoms with E-state index < -0.39 is 0 Å². The number of hydrogen-bond donors (Lipinski definition) is 2. The molecule has 0 bridgehead atoms. The molecule has 1 heterocycles. The highest BCUT2D eigenvalue weighted by Gasteiger charge is 2.21. The minimum Gasteiger partial charge on any atom is -0.453 e. The fourth-order valence-electron chi connectivity index (χ4n) is 2.58. The molecule has 4 heteroatoms. The van der Waals surface area contributed by atoms with Crippen molar-refractivity contribution in [1.29, 1.82) is 0 Å². The van der Waals surface area contributed by atoms with Crippen LogP contribution in [0.25, 0.3) is 0 Å². The molecule has 1 unspecified atom stereocenters. The number of hydrogen-bond acceptors (Lipinski definition) is 3. The van der Waals surface area contributed by atoms with Gasteiger partial charge in [0.25, 0.3) is 0 Å². The Labute approximate surface area is 117 Å². The minimum atomic E-state index is -0.137. The van der Waals surface area contributed by atoms with Crippen molar-refractivity contribution in [2.45, 2.75) is 31.2 Å². The zero-order valence-corrected chi connectivity index (χ0v) is 11.4. The van der Waals surface area contributed by atoms with E-state index in [4.69, 9.17) is 21.9 Å². The molecule has 1 fully saturated rings. The van der Waals surface area contributed by atoms with Gasteiger partial charge in [-0.05, 0) is 47.6 Å². The van der Waals surface area contributed by atoms with Gasteiger partial charge in [-0.3, -0.25) is 5.84 Å². The number of nitrogens with two attached hydrogens (primary N) is 1. The van der Waals surface area contributed by atoms with E-state index in [1.807, 2.05) is 6.07 Å². The monoisotopic (exact) mass is 276 g/mol. The third-order valence-electron chi connectivity index (χ3n) is 3.97. The summed E-state index contributed by atoms with van der Waals surface area (Å²) >= 11 is 6.01. The van der Waals surface area contributed by atoms with Crippen molar-refractivity contribution in [2.75, 3.05) is 0 Å². The molecular formula is C15H17ClN2O. The molecule has 100 valence electrons. The van der Waals surface area contributed by atoms with Crippen LogP contribution in [0.3, 0.4) is 0 Å². The Balaban J connectivity index is 1.85. The summed E-state index contributed by atoms with van der Waals surface area (Å²) in [6.45, 7) is 0. The molecule has 1 aliphatic rings. The molecule has 2 aromatic rings. The summed E-state index contributed by atoms with van der Waals surface area (Å²) in [4.78, 5) is 0. The number of furan rings is 1. The van der Waals surface area contributed by atoms with Crippen molar-refractivity contribution in [2.24, 2.45) is 5.84 Å². The molecule has 0 amide bonds. The fraction of sp³-hybridized carbons (Fsp3) is 0.333. The zero-order valence-electron chi connectivity index (χ0n) is 10.6. The first kappa shape index (κ1) is 12.7. The van der Waals surface area contributed by atoms with Crippen molar-refractivity contribution in [3.05, 3.63) is 58.5 Å². The van der Waals surface area contributed by atoms with Gasteiger partial charge in [-0.1, -0.05) is 30.7 Å². The van der Waals surface area contributed by atoms with Crippen molar-refractivity contribution >= 4 is 11.6 Å². The Morgan fingerprint density at radius 3 is 2.42 bits per heavy atom. The fourth-order valence-corrected chi connectivity index (χ4v) is 2.80. The zero-order chi connectivity index (χ0) is 13.2. The highest BCUT2D eigenvalue weighted by atomic mass is 35.5. The Morgan fingerprint density at radius 1 is 1.21 bits per heavy atom. The number of hydrazine groups is 1. The van der Waals surface area contributed by atoms with Gasteiger partial charge < -0.3 is 4.42 Å². The smallest absolute Gasteiger partial charge is 0.198 e. The Bertz CT molecular complexity index is 546. The predicted octanol–water partition coefficient (Wildman–Crippen LogP) is 3.75. The van der Waals surface area contributed by atoms with Gasteiger partial charge in [0.15, 0.2) is 5.22 Å². The van der Waals surface area contributed by atoms with Gasteiger partial charge in [-0.2, -0.15) is 0 Å². The van der Waals surface area contributed by atoms with Gasteiger partial charge in [-0.15, -0.1) is 0 Å². The third kappa shape index (κ3) is 2.41. The maximum Gasteiger partial charge on any atom is 0.198 e. The molecule has 0 saturated heterocycles. The molecule has 3 N–H and O–H groups in total. The van der Waals surface area contributed by atoms with Crippen LogP contribution in [0.2, 0.25) is 5.22 Å². The highest BCUT2D eigenvalue weighted by molar-refractivity contribution is 6.29. The minimum absolute atomic E-state index is 0.137. The molecule has 3 nitrogen and oxygen atoms in total. The van der Waals surface area contributed by atoms with Crippen molar-refractivity contribution < 1.29 is 4.42 Å². The molecule has 3 rings (SSSR count). The van der Waals surface area contributed by atoms with Crippen molar-refractivity contribution in [3.63, 3.8) is 0 Å². The largest absolute Gasteiger partial charge is 0.453 e. The summed E-state index contributed by atoms with van der Waals surface area (Å²) in [5, 5.41) is 0.381. The van der Waals surface area contributed by atoms with E-state index in [0.29, 0.717) is 5.22 Å². The van der Waals surface area contributed by atoms with Gasteiger partial charge >= 0.3 is 0 Å². The molecule has 1 aromatic carbocycles. The summed E-state index contributed by atoms with van der Waals surface area (Å²) in [6.07, 6.45) is 5.55. The van der Waals surface area contributed by atoms with Gasteiger partial charge in [0.1, 0.15) is 0 Å². The molecule has 1 atom stereocenters. The molecule has 0 aliphatic heterocycles. The van der Waals surface area contributed by atoms with E-state index >= 15 is 0 Å². The van der Waals surface area contributed by atoms with E-state index in [0.717, 1.165) is 17.0 Å². The number of halogens is 1. The van der Waals surface area contributed by atoms with E-state index in [2.05, 4.69) is 29.7 Å². The normalized spacial score (nSPS) is 17.2. The second kappa shape index (κ2) is 5.37. The summed E-state index contributed by atoms with van der Waals surface area (Å²) < 4.78 is 5.13. The lowest BCUT2D eigenvalue weighted by molar-refractivity contribution is 0.419. The van der Waals surface area contributed by atoms with Crippen LogP contribution in [0.5, 0.6) is 0 Å². The lowest BCUT2D eigenvalue weighted by atomic mass is 9.80. The number of benzene rings is 1. The Hall–Kier alpha value is -1.29. The Kier molecular flexibility index (Phi) is 3.60. The first-order valence-corrected chi connectivity index (χ1v) is 6.96. The van der Waals surface area contributed by atoms with E-state index in [1.165, 1.54) is 24.8 Å². The van der Waals surface area contributed by atoms with Crippen LogP contribution in [-0.4, -0.2) is 0 Å². The first-order chi connectivity index (χ1) is 9.29. The average molecular weight is 277 g/mol. The molecular weight excluding hydrogens is 260 g/mol. The lowest BCUT2D eigenvalue weighted by Crippen LogP contribution is -2.28. The highest BCUT2D eigenvalue weighted by Crippen LogP contribution is 2.37. The van der Waals surface area contributed by atoms with Crippen LogP contribution in [0.1, 0.15) is 47.9 Å². The predicted molar refractivity (Wildman–Crippen MR) is 75.9 cm³/mol.